The summed E-state index contributed by atoms with van der Waals surface area (Å²) in [6.45, 7) is 1.88. The molecule has 0 atom stereocenters. The van der Waals surface area contributed by atoms with Crippen molar-refractivity contribution in [3.8, 4) is 0 Å². The number of benzene rings is 1. The molecule has 0 aliphatic carbocycles. The highest BCUT2D eigenvalue weighted by molar-refractivity contribution is 7.85. The van der Waals surface area contributed by atoms with E-state index in [0.29, 0.717) is 25.2 Å². The van der Waals surface area contributed by atoms with E-state index in [-0.39, 0.29) is 11.8 Å². The Bertz CT molecular complexity index is 1360. The number of aliphatic hydroxyl groups excluding tert-OH is 1. The molecule has 0 radical (unpaired) electrons. The minimum absolute atomic E-state index is 0.0130. The summed E-state index contributed by atoms with van der Waals surface area (Å²) in [7, 11) is -2.17. The van der Waals surface area contributed by atoms with Crippen LogP contribution in [0.2, 0.25) is 0 Å². The van der Waals surface area contributed by atoms with Crippen LogP contribution >= 0.6 is 0 Å². The molecule has 0 fully saturated rings. The van der Waals surface area contributed by atoms with Crippen LogP contribution < -0.4 is 5.32 Å². The lowest BCUT2D eigenvalue weighted by molar-refractivity contribution is -0.125. The molecule has 0 spiro atoms. The van der Waals surface area contributed by atoms with E-state index in [1.54, 1.807) is 24.2 Å². The lowest BCUT2D eigenvalue weighted by atomic mass is 10.0. The van der Waals surface area contributed by atoms with Gasteiger partial charge in [-0.25, -0.2) is 4.98 Å². The van der Waals surface area contributed by atoms with Gasteiger partial charge in [-0.3, -0.25) is 14.1 Å². The smallest absolute Gasteiger partial charge is 0.267 e. The molecule has 2 aromatic heterocycles. The molecule has 3 aromatic rings. The van der Waals surface area contributed by atoms with E-state index in [9.17, 15) is 18.0 Å². The number of amides is 2. The van der Waals surface area contributed by atoms with Gasteiger partial charge in [-0.05, 0) is 42.7 Å². The van der Waals surface area contributed by atoms with E-state index in [2.05, 4.69) is 10.3 Å². The highest BCUT2D eigenvalue weighted by atomic mass is 32.2. The Morgan fingerprint density at radius 1 is 1.29 bits per heavy atom. The van der Waals surface area contributed by atoms with Crippen LogP contribution in [0.15, 0.2) is 47.0 Å². The Labute approximate surface area is 203 Å². The fourth-order valence-corrected chi connectivity index (χ4v) is 3.68. The number of nitrogens with zero attached hydrogens (tertiary/aromatic N) is 2. The van der Waals surface area contributed by atoms with Crippen molar-refractivity contribution < 1.29 is 32.1 Å². The number of aromatic nitrogens is 1. The molecule has 0 bridgehead atoms. The number of para-hydroxylation sites is 1. The van der Waals surface area contributed by atoms with Crippen molar-refractivity contribution in [3.63, 3.8) is 0 Å². The van der Waals surface area contributed by atoms with Gasteiger partial charge in [-0.1, -0.05) is 18.2 Å². The summed E-state index contributed by atoms with van der Waals surface area (Å²) in [5, 5.41) is 11.7. The molecule has 0 saturated heterocycles. The van der Waals surface area contributed by atoms with E-state index in [4.69, 9.17) is 14.1 Å². The zero-order valence-electron chi connectivity index (χ0n) is 19.4. The summed E-state index contributed by atoms with van der Waals surface area (Å²) >= 11 is 0. The number of nitrogens with one attached hydrogen (secondary N) is 1. The van der Waals surface area contributed by atoms with Crippen LogP contribution in [0.25, 0.3) is 17.0 Å². The maximum Gasteiger partial charge on any atom is 0.267 e. The lowest BCUT2D eigenvalue weighted by Crippen LogP contribution is -2.24. The first-order valence-electron chi connectivity index (χ1n) is 10.8. The van der Waals surface area contributed by atoms with Crippen LogP contribution in [-0.2, 0) is 32.7 Å². The zero-order valence-corrected chi connectivity index (χ0v) is 20.2. The van der Waals surface area contributed by atoms with E-state index in [1.807, 2.05) is 37.3 Å². The van der Waals surface area contributed by atoms with Gasteiger partial charge < -0.3 is 19.7 Å². The minimum Gasteiger partial charge on any atom is -0.459 e. The fourth-order valence-electron chi connectivity index (χ4n) is 3.45. The number of pyridine rings is 1. The molecule has 35 heavy (non-hydrogen) atoms. The van der Waals surface area contributed by atoms with Gasteiger partial charge in [-0.15, -0.1) is 0 Å². The molecule has 2 amide bonds. The predicted molar refractivity (Wildman–Crippen MR) is 131 cm³/mol. The maximum absolute atomic E-state index is 12.5. The van der Waals surface area contributed by atoms with Gasteiger partial charge in [0.25, 0.3) is 10.1 Å². The third kappa shape index (κ3) is 7.22. The molecule has 1 aliphatic heterocycles. The fraction of sp³-hybridized carbons (Fsp3) is 0.292. The third-order valence-electron chi connectivity index (χ3n) is 5.33. The van der Waals surface area contributed by atoms with Crippen LogP contribution in [0.5, 0.6) is 0 Å². The molecule has 186 valence electrons. The maximum atomic E-state index is 12.5. The Morgan fingerprint density at radius 3 is 2.69 bits per heavy atom. The second kappa shape index (κ2) is 11.3. The minimum atomic E-state index is -3.92. The van der Waals surface area contributed by atoms with Crippen LogP contribution in [-0.4, -0.2) is 59.2 Å². The van der Waals surface area contributed by atoms with Gasteiger partial charge >= 0.3 is 0 Å². The van der Waals surface area contributed by atoms with Crippen LogP contribution in [0.3, 0.4) is 0 Å². The van der Waals surface area contributed by atoms with Crippen LogP contribution in [0.4, 0.5) is 5.82 Å². The number of aryl methyl sites for hydroxylation is 2. The number of aliphatic hydroxyl groups is 1. The molecule has 0 unspecified atom stereocenters. The van der Waals surface area contributed by atoms with E-state index >= 15 is 0 Å². The summed E-state index contributed by atoms with van der Waals surface area (Å²) in [5.74, 6) is 0.688. The van der Waals surface area contributed by atoms with Crippen LogP contribution in [0.1, 0.15) is 28.9 Å². The van der Waals surface area contributed by atoms with Gasteiger partial charge in [0, 0.05) is 36.7 Å². The first-order valence-corrected chi connectivity index (χ1v) is 12.4. The quantitative estimate of drug-likeness (QED) is 0.344. The molecule has 1 aromatic carbocycles. The molecule has 10 nitrogen and oxygen atoms in total. The van der Waals surface area contributed by atoms with Crippen molar-refractivity contribution in [2.75, 3.05) is 24.7 Å². The van der Waals surface area contributed by atoms with E-state index in [0.717, 1.165) is 33.4 Å². The summed E-state index contributed by atoms with van der Waals surface area (Å²) in [4.78, 5) is 29.8. The van der Waals surface area contributed by atoms with Gasteiger partial charge in [0.15, 0.2) is 0 Å². The molecular formula is C24H27N3O7S. The Balaban J connectivity index is 0.000000429. The number of hydrogen-bond donors (Lipinski definition) is 3. The van der Waals surface area contributed by atoms with Gasteiger partial charge in [0.1, 0.15) is 17.2 Å². The molecule has 1 aliphatic rings. The summed E-state index contributed by atoms with van der Waals surface area (Å²) in [5.41, 5.74) is 3.70. The number of carbonyl (C=O) groups is 2. The second-order valence-corrected chi connectivity index (χ2v) is 9.58. The summed E-state index contributed by atoms with van der Waals surface area (Å²) < 4.78 is 33.0. The Kier molecular flexibility index (Phi) is 8.39. The molecule has 3 heterocycles. The van der Waals surface area contributed by atoms with Crippen molar-refractivity contribution in [3.05, 3.63) is 65.1 Å². The molecule has 11 heteroatoms. The zero-order chi connectivity index (χ0) is 25.6. The molecule has 4 rings (SSSR count). The third-order valence-corrected chi connectivity index (χ3v) is 6.03. The highest BCUT2D eigenvalue weighted by Gasteiger charge is 2.16. The van der Waals surface area contributed by atoms with Gasteiger partial charge in [-0.2, -0.15) is 8.42 Å². The molecule has 0 saturated carbocycles. The topological polar surface area (TPSA) is 150 Å². The van der Waals surface area contributed by atoms with Gasteiger partial charge in [0.05, 0.1) is 18.9 Å². The average Bonchev–Trinajstić information content (AvgIpc) is 3.12. The highest BCUT2D eigenvalue weighted by Crippen LogP contribution is 2.26. The average molecular weight is 502 g/mol. The van der Waals surface area contributed by atoms with Crippen molar-refractivity contribution in [2.45, 2.75) is 26.3 Å². The monoisotopic (exact) mass is 501 g/mol. The molecule has 3 N–H and O–H groups in total. The summed E-state index contributed by atoms with van der Waals surface area (Å²) in [6.07, 6.45) is 6.05. The van der Waals surface area contributed by atoms with Crippen molar-refractivity contribution in [1.82, 2.24) is 9.88 Å². The Hall–Kier alpha value is -3.54. The van der Waals surface area contributed by atoms with Crippen molar-refractivity contribution >= 4 is 44.8 Å². The van der Waals surface area contributed by atoms with E-state index < -0.39 is 22.5 Å². The number of anilines is 1. The second-order valence-electron chi connectivity index (χ2n) is 8.01. The number of furan rings is 1. The lowest BCUT2D eigenvalue weighted by Gasteiger charge is -2.16. The van der Waals surface area contributed by atoms with Crippen molar-refractivity contribution in [1.29, 1.82) is 0 Å². The van der Waals surface area contributed by atoms with Crippen molar-refractivity contribution in [2.24, 2.45) is 0 Å². The molecular weight excluding hydrogens is 474 g/mol. The standard InChI is InChI=1S/C22H21N3O3.C2H6O4S/c1-14-17-5-3-4-6-18(17)28-19(14)13-25(2)21(27)10-7-15-11-16-8-9-20(26)24-22(16)23-12-15;3-1-2-7(4,5)6/h3-7,10-12H,8-9,13H2,1-2H3,(H,23,24,26);3H,1-2H2,(H,4,5,6). The van der Waals surface area contributed by atoms with Crippen LogP contribution in [0, 0.1) is 6.92 Å². The first kappa shape index (κ1) is 26.1. The SMILES string of the molecule is Cc1c(CN(C)C(=O)C=Cc2cnc3c(c2)CCC(=O)N3)oc2ccccc12.O=S(=O)(O)CCO. The number of hydrogen-bond acceptors (Lipinski definition) is 7. The number of fused-ring (bicyclic) bond motifs is 2. The number of likely N-dealkylation sites (N-methyl/N-ethyl adjacent to an activating group) is 1. The largest absolute Gasteiger partial charge is 0.459 e. The van der Waals surface area contributed by atoms with Gasteiger partial charge in [0.2, 0.25) is 11.8 Å². The predicted octanol–water partition coefficient (Wildman–Crippen LogP) is 2.56. The van der Waals surface area contributed by atoms with E-state index in [1.165, 1.54) is 6.08 Å². The number of carbonyl (C=O) groups excluding carboxylic acids is 2. The normalized spacial score (nSPS) is 13.2. The Morgan fingerprint density at radius 2 is 2.03 bits per heavy atom. The first-order chi connectivity index (χ1) is 16.6. The summed E-state index contributed by atoms with van der Waals surface area (Å²) in [6, 6.07) is 9.81. The number of rotatable bonds is 6.